The molecule has 1 aromatic carbocycles. The lowest BCUT2D eigenvalue weighted by atomic mass is 10.0. The molecule has 15 heavy (non-hydrogen) atoms. The molecule has 2 rings (SSSR count). The van der Waals surface area contributed by atoms with Gasteiger partial charge in [-0.15, -0.1) is 0 Å². The number of aromatic nitrogens is 1. The van der Waals surface area contributed by atoms with Gasteiger partial charge in [0.25, 0.3) is 0 Å². The lowest BCUT2D eigenvalue weighted by Gasteiger charge is -2.07. The number of nitrogens with zero attached hydrogens (tertiary/aromatic N) is 1. The first-order valence-corrected chi connectivity index (χ1v) is 5.87. The predicted molar refractivity (Wildman–Crippen MR) is 68.0 cm³/mol. The van der Waals surface area contributed by atoms with Gasteiger partial charge in [0.05, 0.1) is 0 Å². The maximum atomic E-state index is 5.85. The minimum absolute atomic E-state index is 0.197. The van der Waals surface area contributed by atoms with E-state index < -0.39 is 0 Å². The number of benzene rings is 1. The van der Waals surface area contributed by atoms with E-state index in [0.29, 0.717) is 0 Å². The first-order valence-electron chi connectivity index (χ1n) is 5.07. The fourth-order valence-corrected chi connectivity index (χ4v) is 2.74. The minimum Gasteiger partial charge on any atom is -0.349 e. The van der Waals surface area contributed by atoms with Crippen LogP contribution in [-0.2, 0) is 13.5 Å². The van der Waals surface area contributed by atoms with Crippen molar-refractivity contribution in [2.75, 3.05) is 0 Å². The zero-order valence-corrected chi connectivity index (χ0v) is 10.6. The third kappa shape index (κ3) is 1.94. The van der Waals surface area contributed by atoms with Crippen molar-refractivity contribution in [2.45, 2.75) is 19.4 Å². The normalized spacial score (nSPS) is 13.3. The molecule has 0 saturated carbocycles. The van der Waals surface area contributed by atoms with Crippen LogP contribution in [0.1, 0.15) is 12.5 Å². The van der Waals surface area contributed by atoms with E-state index in [1.807, 2.05) is 6.92 Å². The molecule has 1 atom stereocenters. The van der Waals surface area contributed by atoms with Crippen molar-refractivity contribution < 1.29 is 0 Å². The minimum atomic E-state index is 0.197. The molecule has 0 bridgehead atoms. The average Bonchev–Trinajstić information content (AvgIpc) is 2.43. The summed E-state index contributed by atoms with van der Waals surface area (Å²) in [6.07, 6.45) is 3.01. The van der Waals surface area contributed by atoms with Crippen LogP contribution in [0.5, 0.6) is 0 Å². The Morgan fingerprint density at radius 2 is 2.20 bits per heavy atom. The lowest BCUT2D eigenvalue weighted by molar-refractivity contribution is 0.741. The molecule has 0 aliphatic heterocycles. The Bertz CT molecular complexity index is 486. The molecule has 2 aromatic rings. The van der Waals surface area contributed by atoms with Crippen molar-refractivity contribution in [3.05, 3.63) is 34.4 Å². The molecule has 0 radical (unpaired) electrons. The summed E-state index contributed by atoms with van der Waals surface area (Å²) in [6.45, 7) is 2.04. The van der Waals surface area contributed by atoms with Crippen LogP contribution in [0.2, 0.25) is 0 Å². The summed E-state index contributed by atoms with van der Waals surface area (Å²) in [4.78, 5) is 0. The van der Waals surface area contributed by atoms with Gasteiger partial charge in [0.1, 0.15) is 0 Å². The number of fused-ring (bicyclic) bond motifs is 1. The summed E-state index contributed by atoms with van der Waals surface area (Å²) in [5.41, 5.74) is 8.42. The number of halogens is 1. The van der Waals surface area contributed by atoms with Crippen LogP contribution in [0.15, 0.2) is 28.9 Å². The number of rotatable bonds is 2. The second kappa shape index (κ2) is 3.99. The van der Waals surface area contributed by atoms with E-state index in [-0.39, 0.29) is 6.04 Å². The van der Waals surface area contributed by atoms with Gasteiger partial charge in [-0.1, -0.05) is 12.1 Å². The molecule has 0 spiro atoms. The number of nitrogens with two attached hydrogens (primary N) is 1. The molecular weight excluding hydrogens is 252 g/mol. The van der Waals surface area contributed by atoms with Crippen LogP contribution < -0.4 is 5.73 Å². The van der Waals surface area contributed by atoms with Gasteiger partial charge in [-0.3, -0.25) is 0 Å². The highest BCUT2D eigenvalue weighted by molar-refractivity contribution is 9.10. The van der Waals surface area contributed by atoms with Crippen LogP contribution >= 0.6 is 15.9 Å². The lowest BCUT2D eigenvalue weighted by Crippen LogP contribution is -2.17. The topological polar surface area (TPSA) is 30.9 Å². The maximum absolute atomic E-state index is 5.85. The molecule has 0 aliphatic carbocycles. The second-order valence-corrected chi connectivity index (χ2v) is 4.93. The van der Waals surface area contributed by atoms with Crippen molar-refractivity contribution in [3.63, 3.8) is 0 Å². The smallest absolute Gasteiger partial charge is 0.0492 e. The first-order chi connectivity index (χ1) is 7.09. The van der Waals surface area contributed by atoms with Crippen LogP contribution in [0, 0.1) is 0 Å². The molecule has 0 aliphatic rings. The van der Waals surface area contributed by atoms with Crippen molar-refractivity contribution in [2.24, 2.45) is 12.8 Å². The number of hydrogen-bond donors (Lipinski definition) is 1. The Kier molecular flexibility index (Phi) is 2.85. The van der Waals surface area contributed by atoms with Gasteiger partial charge in [0, 0.05) is 34.7 Å². The SMILES string of the molecule is CC(N)Cc1cccc2c1c(Br)cn2C. The Labute approximate surface area is 98.2 Å². The molecule has 1 unspecified atom stereocenters. The van der Waals surface area contributed by atoms with E-state index in [1.165, 1.54) is 16.5 Å². The van der Waals surface area contributed by atoms with Gasteiger partial charge in [0.2, 0.25) is 0 Å². The molecule has 0 saturated heterocycles. The molecule has 0 amide bonds. The summed E-state index contributed by atoms with van der Waals surface area (Å²) < 4.78 is 3.28. The van der Waals surface area contributed by atoms with Crippen LogP contribution in [-0.4, -0.2) is 10.6 Å². The number of aryl methyl sites for hydroxylation is 1. The summed E-state index contributed by atoms with van der Waals surface area (Å²) in [6, 6.07) is 6.57. The van der Waals surface area contributed by atoms with Crippen LogP contribution in [0.4, 0.5) is 0 Å². The van der Waals surface area contributed by atoms with E-state index in [9.17, 15) is 0 Å². The molecule has 1 aromatic heterocycles. The fourth-order valence-electron chi connectivity index (χ4n) is 1.98. The maximum Gasteiger partial charge on any atom is 0.0492 e. The summed E-state index contributed by atoms with van der Waals surface area (Å²) in [5, 5.41) is 1.29. The van der Waals surface area contributed by atoms with Gasteiger partial charge < -0.3 is 10.3 Å². The summed E-state index contributed by atoms with van der Waals surface area (Å²) >= 11 is 3.60. The van der Waals surface area contributed by atoms with Crippen molar-refractivity contribution >= 4 is 26.8 Å². The number of hydrogen-bond acceptors (Lipinski definition) is 1. The van der Waals surface area contributed by atoms with Crippen LogP contribution in [0.3, 0.4) is 0 Å². The standard InChI is InChI=1S/C12H15BrN2/c1-8(14)6-9-4-3-5-11-12(9)10(13)7-15(11)2/h3-5,7-8H,6,14H2,1-2H3. The Morgan fingerprint density at radius 3 is 2.87 bits per heavy atom. The molecule has 1 heterocycles. The molecule has 3 heteroatoms. The zero-order chi connectivity index (χ0) is 11.0. The average molecular weight is 267 g/mol. The molecule has 80 valence electrons. The van der Waals surface area contributed by atoms with Crippen molar-refractivity contribution in [1.29, 1.82) is 0 Å². The van der Waals surface area contributed by atoms with E-state index in [1.54, 1.807) is 0 Å². The van der Waals surface area contributed by atoms with E-state index in [0.717, 1.165) is 10.9 Å². The Morgan fingerprint density at radius 1 is 1.47 bits per heavy atom. The monoisotopic (exact) mass is 266 g/mol. The van der Waals surface area contributed by atoms with E-state index in [4.69, 9.17) is 5.73 Å². The molecular formula is C12H15BrN2. The third-order valence-corrected chi connectivity index (χ3v) is 3.20. The van der Waals surface area contributed by atoms with Gasteiger partial charge in [-0.05, 0) is 40.9 Å². The van der Waals surface area contributed by atoms with Crippen molar-refractivity contribution in [3.8, 4) is 0 Å². The third-order valence-electron chi connectivity index (χ3n) is 2.60. The van der Waals surface area contributed by atoms with Gasteiger partial charge in [-0.25, -0.2) is 0 Å². The predicted octanol–water partition coefficient (Wildman–Crippen LogP) is 2.83. The van der Waals surface area contributed by atoms with E-state index >= 15 is 0 Å². The van der Waals surface area contributed by atoms with Crippen molar-refractivity contribution in [1.82, 2.24) is 4.57 Å². The van der Waals surface area contributed by atoms with Gasteiger partial charge in [-0.2, -0.15) is 0 Å². The quantitative estimate of drug-likeness (QED) is 0.891. The highest BCUT2D eigenvalue weighted by atomic mass is 79.9. The first kappa shape index (κ1) is 10.7. The Balaban J connectivity index is 2.64. The van der Waals surface area contributed by atoms with Gasteiger partial charge >= 0.3 is 0 Å². The molecule has 2 nitrogen and oxygen atoms in total. The highest BCUT2D eigenvalue weighted by Gasteiger charge is 2.09. The van der Waals surface area contributed by atoms with Crippen LogP contribution in [0.25, 0.3) is 10.9 Å². The highest BCUT2D eigenvalue weighted by Crippen LogP contribution is 2.29. The zero-order valence-electron chi connectivity index (χ0n) is 9.00. The second-order valence-electron chi connectivity index (χ2n) is 4.08. The van der Waals surface area contributed by atoms with E-state index in [2.05, 4.69) is 51.9 Å². The summed E-state index contributed by atoms with van der Waals surface area (Å²) in [5.74, 6) is 0. The summed E-state index contributed by atoms with van der Waals surface area (Å²) in [7, 11) is 2.06. The fraction of sp³-hybridized carbons (Fsp3) is 0.333. The largest absolute Gasteiger partial charge is 0.349 e. The molecule has 2 N–H and O–H groups in total. The molecule has 0 fully saturated rings. The Hall–Kier alpha value is -0.800. The van der Waals surface area contributed by atoms with Gasteiger partial charge in [0.15, 0.2) is 0 Å².